The van der Waals surface area contributed by atoms with Crippen LogP contribution < -0.4 is 10.2 Å². The molecule has 2 amide bonds. The number of thioether (sulfide) groups is 1. The third-order valence-corrected chi connectivity index (χ3v) is 6.26. The van der Waals surface area contributed by atoms with Gasteiger partial charge in [-0.2, -0.15) is 0 Å². The number of fused-ring (bicyclic) bond motifs is 3. The first-order valence-electron chi connectivity index (χ1n) is 10.0. The molecule has 0 saturated carbocycles. The van der Waals surface area contributed by atoms with E-state index >= 15 is 0 Å². The number of nitrogens with zero attached hydrogens (tertiary/aromatic N) is 4. The zero-order valence-corrected chi connectivity index (χ0v) is 17.6. The van der Waals surface area contributed by atoms with E-state index in [1.54, 1.807) is 11.8 Å². The summed E-state index contributed by atoms with van der Waals surface area (Å²) in [6, 6.07) is 20.2. The molecule has 0 spiro atoms. The fourth-order valence-corrected chi connectivity index (χ4v) is 4.42. The molecule has 2 aromatic heterocycles. The van der Waals surface area contributed by atoms with Gasteiger partial charge < -0.3 is 19.5 Å². The number of piperazine rings is 1. The van der Waals surface area contributed by atoms with E-state index in [1.807, 2.05) is 53.6 Å². The number of carbonyl (C=O) groups is 1. The molecule has 1 saturated heterocycles. The van der Waals surface area contributed by atoms with Crippen LogP contribution in [-0.4, -0.2) is 52.8 Å². The van der Waals surface area contributed by atoms with Gasteiger partial charge in [0.25, 0.3) is 0 Å². The lowest BCUT2D eigenvalue weighted by Gasteiger charge is -2.35. The molecule has 1 N–H and O–H groups in total. The van der Waals surface area contributed by atoms with Gasteiger partial charge in [0.05, 0.1) is 16.6 Å². The van der Waals surface area contributed by atoms with Gasteiger partial charge in [-0.05, 0) is 48.7 Å². The summed E-state index contributed by atoms with van der Waals surface area (Å²) >= 11 is 1.67. The summed E-state index contributed by atoms with van der Waals surface area (Å²) in [7, 11) is 0. The number of anilines is 2. The van der Waals surface area contributed by atoms with Crippen molar-refractivity contribution in [1.29, 1.82) is 0 Å². The van der Waals surface area contributed by atoms with Gasteiger partial charge in [0.1, 0.15) is 0 Å². The first-order chi connectivity index (χ1) is 14.7. The fourth-order valence-electron chi connectivity index (χ4n) is 3.96. The molecule has 6 nitrogen and oxygen atoms in total. The lowest BCUT2D eigenvalue weighted by Crippen LogP contribution is -2.50. The summed E-state index contributed by atoms with van der Waals surface area (Å²) < 4.78 is 2.19. The van der Waals surface area contributed by atoms with E-state index in [1.165, 1.54) is 0 Å². The van der Waals surface area contributed by atoms with Crippen molar-refractivity contribution in [3.8, 4) is 0 Å². The first kappa shape index (κ1) is 18.8. The van der Waals surface area contributed by atoms with Crippen LogP contribution in [0.15, 0.2) is 71.8 Å². The Morgan fingerprint density at radius 3 is 2.60 bits per heavy atom. The van der Waals surface area contributed by atoms with Gasteiger partial charge in [-0.25, -0.2) is 9.78 Å². The van der Waals surface area contributed by atoms with Gasteiger partial charge >= 0.3 is 6.03 Å². The molecule has 0 unspecified atom stereocenters. The second-order valence-corrected chi connectivity index (χ2v) is 8.20. The summed E-state index contributed by atoms with van der Waals surface area (Å²) in [5, 5.41) is 3.03. The molecule has 0 atom stereocenters. The minimum atomic E-state index is -0.0489. The van der Waals surface area contributed by atoms with E-state index < -0.39 is 0 Å². The van der Waals surface area contributed by atoms with Crippen LogP contribution >= 0.6 is 11.8 Å². The Kier molecular flexibility index (Phi) is 4.96. The molecule has 1 fully saturated rings. The zero-order chi connectivity index (χ0) is 20.5. The third kappa shape index (κ3) is 3.45. The quantitative estimate of drug-likeness (QED) is 0.497. The molecule has 5 rings (SSSR count). The molecule has 0 aliphatic carbocycles. The normalized spacial score (nSPS) is 14.4. The molecule has 0 radical (unpaired) electrons. The smallest absolute Gasteiger partial charge is 0.321 e. The molecular formula is C23H23N5OS. The van der Waals surface area contributed by atoms with Crippen LogP contribution in [0.3, 0.4) is 0 Å². The molecule has 1 aliphatic rings. The topological polar surface area (TPSA) is 52.9 Å². The Morgan fingerprint density at radius 2 is 1.77 bits per heavy atom. The van der Waals surface area contributed by atoms with Crippen LogP contribution in [0.5, 0.6) is 0 Å². The van der Waals surface area contributed by atoms with Gasteiger partial charge in [0.15, 0.2) is 5.82 Å². The van der Waals surface area contributed by atoms with Crippen LogP contribution in [-0.2, 0) is 0 Å². The van der Waals surface area contributed by atoms with E-state index in [2.05, 4.69) is 39.0 Å². The molecule has 30 heavy (non-hydrogen) atoms. The minimum absolute atomic E-state index is 0.0489. The predicted octanol–water partition coefficient (Wildman–Crippen LogP) is 4.56. The van der Waals surface area contributed by atoms with E-state index in [9.17, 15) is 4.79 Å². The number of rotatable bonds is 3. The van der Waals surface area contributed by atoms with E-state index in [0.717, 1.165) is 46.0 Å². The molecule has 1 aliphatic heterocycles. The predicted molar refractivity (Wildman–Crippen MR) is 124 cm³/mol. The number of hydrogen-bond donors (Lipinski definition) is 1. The first-order valence-corrected chi connectivity index (χ1v) is 11.3. The SMILES string of the molecule is CSc1cccc(NC(=O)N2CCN(c3nc4ccccc4n4cccc34)CC2)c1. The Labute approximate surface area is 179 Å². The van der Waals surface area contributed by atoms with Crippen LogP contribution in [0, 0.1) is 0 Å². The summed E-state index contributed by atoms with van der Waals surface area (Å²) in [6.07, 6.45) is 4.11. The van der Waals surface area contributed by atoms with Gasteiger partial charge in [-0.15, -0.1) is 11.8 Å². The van der Waals surface area contributed by atoms with Gasteiger partial charge in [0, 0.05) is 43.0 Å². The molecule has 152 valence electrons. The van der Waals surface area contributed by atoms with Gasteiger partial charge in [0.2, 0.25) is 0 Å². The van der Waals surface area contributed by atoms with Crippen molar-refractivity contribution in [2.75, 3.05) is 42.7 Å². The molecule has 7 heteroatoms. The second kappa shape index (κ2) is 7.91. The van der Waals surface area contributed by atoms with Crippen LogP contribution in [0.4, 0.5) is 16.3 Å². The van der Waals surface area contributed by atoms with E-state index in [4.69, 9.17) is 4.98 Å². The minimum Gasteiger partial charge on any atom is -0.351 e. The van der Waals surface area contributed by atoms with Crippen molar-refractivity contribution in [1.82, 2.24) is 14.3 Å². The highest BCUT2D eigenvalue weighted by Crippen LogP contribution is 2.26. The number of nitrogens with one attached hydrogen (secondary N) is 1. The standard InChI is InChI=1S/C23H23N5OS/c1-30-18-7-4-6-17(16-18)24-23(29)27-14-12-26(13-15-27)22-21-10-5-11-28(21)20-9-3-2-8-19(20)25-22/h2-11,16H,12-15H2,1H3,(H,24,29). The van der Waals surface area contributed by atoms with Crippen molar-refractivity contribution in [2.24, 2.45) is 0 Å². The maximum absolute atomic E-state index is 12.7. The van der Waals surface area contributed by atoms with Gasteiger partial charge in [-0.1, -0.05) is 18.2 Å². The molecular weight excluding hydrogens is 394 g/mol. The number of amides is 2. The number of benzene rings is 2. The van der Waals surface area contributed by atoms with E-state index in [0.29, 0.717) is 13.1 Å². The zero-order valence-electron chi connectivity index (χ0n) is 16.8. The average molecular weight is 418 g/mol. The van der Waals surface area contributed by atoms with E-state index in [-0.39, 0.29) is 6.03 Å². The van der Waals surface area contributed by atoms with Crippen molar-refractivity contribution in [2.45, 2.75) is 4.90 Å². The molecule has 0 bridgehead atoms. The number of para-hydroxylation sites is 2. The Morgan fingerprint density at radius 1 is 0.967 bits per heavy atom. The highest BCUT2D eigenvalue weighted by atomic mass is 32.2. The number of urea groups is 1. The highest BCUT2D eigenvalue weighted by molar-refractivity contribution is 7.98. The number of carbonyl (C=O) groups excluding carboxylic acids is 1. The Hall–Kier alpha value is -3.19. The van der Waals surface area contributed by atoms with Crippen molar-refractivity contribution < 1.29 is 4.79 Å². The summed E-state index contributed by atoms with van der Waals surface area (Å²) in [6.45, 7) is 2.83. The fraction of sp³-hybridized carbons (Fsp3) is 0.217. The summed E-state index contributed by atoms with van der Waals surface area (Å²) in [4.78, 5) is 23.0. The monoisotopic (exact) mass is 417 g/mol. The van der Waals surface area contributed by atoms with Crippen molar-refractivity contribution in [3.05, 3.63) is 66.9 Å². The Balaban J connectivity index is 1.32. The third-order valence-electron chi connectivity index (χ3n) is 5.53. The molecule has 3 heterocycles. The maximum atomic E-state index is 12.7. The van der Waals surface area contributed by atoms with Crippen LogP contribution in [0.1, 0.15) is 0 Å². The summed E-state index contributed by atoms with van der Waals surface area (Å²) in [5.41, 5.74) is 4.01. The largest absolute Gasteiger partial charge is 0.351 e. The lowest BCUT2D eigenvalue weighted by molar-refractivity contribution is 0.208. The van der Waals surface area contributed by atoms with Gasteiger partial charge in [-0.3, -0.25) is 0 Å². The second-order valence-electron chi connectivity index (χ2n) is 7.32. The molecule has 4 aromatic rings. The lowest BCUT2D eigenvalue weighted by atomic mass is 10.2. The Bertz CT molecular complexity index is 1210. The van der Waals surface area contributed by atoms with Crippen LogP contribution in [0.2, 0.25) is 0 Å². The molecule has 2 aromatic carbocycles. The summed E-state index contributed by atoms with van der Waals surface area (Å²) in [5.74, 6) is 0.978. The number of hydrogen-bond acceptors (Lipinski definition) is 4. The number of aromatic nitrogens is 2. The van der Waals surface area contributed by atoms with Crippen molar-refractivity contribution in [3.63, 3.8) is 0 Å². The average Bonchev–Trinajstić information content (AvgIpc) is 3.29. The highest BCUT2D eigenvalue weighted by Gasteiger charge is 2.24. The van der Waals surface area contributed by atoms with Crippen LogP contribution in [0.25, 0.3) is 16.6 Å². The van der Waals surface area contributed by atoms with Crippen molar-refractivity contribution >= 4 is 45.8 Å². The maximum Gasteiger partial charge on any atom is 0.321 e.